The number of fused-ring (bicyclic) bond motifs is 2. The number of nitrogens with one attached hydrogen (secondary N) is 2. The third kappa shape index (κ3) is 3.63. The standard InChI is InChI=1S/C24H27N3O2/c28-24(19-5-6-21-18(17-19)7-11-25-21)9-14-27(15-10-24)13-2-16-29-23-4-1-3-22-20(23)8-12-26-22/h1,3-8,11-12,17,25-26,28H,2,9-10,13-16H2. The maximum absolute atomic E-state index is 11.2. The molecule has 0 spiro atoms. The average molecular weight is 389 g/mol. The third-order valence-electron chi connectivity index (χ3n) is 6.21. The van der Waals surface area contributed by atoms with Crippen molar-refractivity contribution in [2.75, 3.05) is 26.2 Å². The second-order valence-corrected chi connectivity index (χ2v) is 8.05. The summed E-state index contributed by atoms with van der Waals surface area (Å²) in [5.41, 5.74) is 2.54. The summed E-state index contributed by atoms with van der Waals surface area (Å²) in [7, 11) is 0. The van der Waals surface area contributed by atoms with Crippen molar-refractivity contribution in [1.82, 2.24) is 14.9 Å². The largest absolute Gasteiger partial charge is 0.493 e. The lowest BCUT2D eigenvalue weighted by Crippen LogP contribution is -2.43. The molecule has 1 fully saturated rings. The van der Waals surface area contributed by atoms with Crippen molar-refractivity contribution in [3.8, 4) is 5.75 Å². The summed E-state index contributed by atoms with van der Waals surface area (Å²) in [6.45, 7) is 3.52. The van der Waals surface area contributed by atoms with E-state index in [0.717, 1.165) is 72.0 Å². The summed E-state index contributed by atoms with van der Waals surface area (Å²) in [6, 6.07) is 16.5. The van der Waals surface area contributed by atoms with Crippen LogP contribution in [-0.4, -0.2) is 46.2 Å². The van der Waals surface area contributed by atoms with Crippen LogP contribution in [0, 0.1) is 0 Å². The summed E-state index contributed by atoms with van der Waals surface area (Å²) in [4.78, 5) is 8.87. The molecule has 29 heavy (non-hydrogen) atoms. The molecule has 5 rings (SSSR count). The zero-order valence-corrected chi connectivity index (χ0v) is 16.5. The molecule has 1 saturated heterocycles. The van der Waals surface area contributed by atoms with E-state index in [1.54, 1.807) is 0 Å². The zero-order chi connectivity index (χ0) is 19.7. The smallest absolute Gasteiger partial charge is 0.128 e. The minimum absolute atomic E-state index is 0.704. The number of likely N-dealkylation sites (tertiary alicyclic amines) is 1. The van der Waals surface area contributed by atoms with Gasteiger partial charge in [0.05, 0.1) is 12.2 Å². The Hall–Kier alpha value is -2.76. The molecule has 150 valence electrons. The van der Waals surface area contributed by atoms with Crippen LogP contribution in [0.15, 0.2) is 60.9 Å². The van der Waals surface area contributed by atoms with Crippen LogP contribution in [0.3, 0.4) is 0 Å². The van der Waals surface area contributed by atoms with Gasteiger partial charge in [0.15, 0.2) is 0 Å². The number of aromatic amines is 2. The topological polar surface area (TPSA) is 64.3 Å². The van der Waals surface area contributed by atoms with E-state index in [0.29, 0.717) is 6.61 Å². The monoisotopic (exact) mass is 389 g/mol. The number of hydrogen-bond acceptors (Lipinski definition) is 3. The number of aromatic nitrogens is 2. The molecule has 0 bridgehead atoms. The number of piperidine rings is 1. The van der Waals surface area contributed by atoms with Crippen LogP contribution in [0.5, 0.6) is 5.75 Å². The molecule has 0 amide bonds. The molecule has 3 N–H and O–H groups in total. The molecule has 2 aromatic carbocycles. The van der Waals surface area contributed by atoms with Gasteiger partial charge >= 0.3 is 0 Å². The Morgan fingerprint density at radius 2 is 1.79 bits per heavy atom. The van der Waals surface area contributed by atoms with Crippen LogP contribution >= 0.6 is 0 Å². The SMILES string of the molecule is OC1(c2ccc3[nH]ccc3c2)CCN(CCCOc2cccc3[nH]ccc23)CC1. The van der Waals surface area contributed by atoms with Gasteiger partial charge in [0.2, 0.25) is 0 Å². The fourth-order valence-electron chi connectivity index (χ4n) is 4.43. The van der Waals surface area contributed by atoms with E-state index in [-0.39, 0.29) is 0 Å². The first-order chi connectivity index (χ1) is 14.2. The van der Waals surface area contributed by atoms with Crippen LogP contribution in [-0.2, 0) is 5.60 Å². The van der Waals surface area contributed by atoms with Crippen molar-refractivity contribution in [2.24, 2.45) is 0 Å². The van der Waals surface area contributed by atoms with Crippen molar-refractivity contribution in [3.05, 3.63) is 66.5 Å². The van der Waals surface area contributed by atoms with E-state index >= 15 is 0 Å². The lowest BCUT2D eigenvalue weighted by molar-refractivity contribution is -0.0263. The minimum atomic E-state index is -0.720. The minimum Gasteiger partial charge on any atom is -0.493 e. The molecule has 1 aliphatic rings. The van der Waals surface area contributed by atoms with Gasteiger partial charge in [-0.3, -0.25) is 0 Å². The van der Waals surface area contributed by atoms with E-state index < -0.39 is 5.60 Å². The molecule has 2 aromatic heterocycles. The first-order valence-electron chi connectivity index (χ1n) is 10.4. The highest BCUT2D eigenvalue weighted by atomic mass is 16.5. The summed E-state index contributed by atoms with van der Waals surface area (Å²) in [5.74, 6) is 0.942. The zero-order valence-electron chi connectivity index (χ0n) is 16.5. The number of aliphatic hydroxyl groups is 1. The number of hydrogen-bond donors (Lipinski definition) is 3. The normalized spacial score (nSPS) is 17.1. The highest BCUT2D eigenvalue weighted by Gasteiger charge is 2.33. The number of nitrogens with zero attached hydrogens (tertiary/aromatic N) is 1. The molecule has 1 aliphatic heterocycles. The molecule has 0 aliphatic carbocycles. The van der Waals surface area contributed by atoms with E-state index in [1.165, 1.54) is 0 Å². The quantitative estimate of drug-likeness (QED) is 0.428. The fourth-order valence-corrected chi connectivity index (χ4v) is 4.43. The molecule has 3 heterocycles. The Bertz CT molecular complexity index is 1110. The Kier molecular flexibility index (Phi) is 4.78. The molecule has 4 aromatic rings. The Morgan fingerprint density at radius 1 is 0.966 bits per heavy atom. The van der Waals surface area contributed by atoms with Gasteiger partial charge in [-0.15, -0.1) is 0 Å². The van der Waals surface area contributed by atoms with Crippen LogP contribution in [0.2, 0.25) is 0 Å². The molecular weight excluding hydrogens is 362 g/mol. The van der Waals surface area contributed by atoms with E-state index in [4.69, 9.17) is 4.74 Å². The van der Waals surface area contributed by atoms with Crippen LogP contribution in [0.25, 0.3) is 21.8 Å². The lowest BCUT2D eigenvalue weighted by atomic mass is 9.84. The highest BCUT2D eigenvalue weighted by Crippen LogP contribution is 2.34. The van der Waals surface area contributed by atoms with Crippen molar-refractivity contribution < 1.29 is 9.84 Å². The number of rotatable bonds is 6. The van der Waals surface area contributed by atoms with Gasteiger partial charge in [-0.05, 0) is 66.6 Å². The maximum Gasteiger partial charge on any atom is 0.128 e. The Balaban J connectivity index is 1.12. The second kappa shape index (κ2) is 7.58. The maximum atomic E-state index is 11.2. The molecular formula is C24H27N3O2. The number of H-pyrrole nitrogens is 2. The predicted octanol–water partition coefficient (Wildman–Crippen LogP) is 4.40. The van der Waals surface area contributed by atoms with E-state index in [1.807, 2.05) is 24.5 Å². The van der Waals surface area contributed by atoms with Crippen LogP contribution < -0.4 is 4.74 Å². The van der Waals surface area contributed by atoms with Crippen molar-refractivity contribution in [1.29, 1.82) is 0 Å². The van der Waals surface area contributed by atoms with Gasteiger partial charge in [0.1, 0.15) is 5.75 Å². The van der Waals surface area contributed by atoms with Crippen LogP contribution in [0.1, 0.15) is 24.8 Å². The Morgan fingerprint density at radius 3 is 2.69 bits per heavy atom. The third-order valence-corrected chi connectivity index (χ3v) is 6.21. The number of benzene rings is 2. The summed E-state index contributed by atoms with van der Waals surface area (Å²) in [5, 5.41) is 13.5. The van der Waals surface area contributed by atoms with Gasteiger partial charge in [-0.25, -0.2) is 0 Å². The summed E-state index contributed by atoms with van der Waals surface area (Å²) < 4.78 is 6.01. The highest BCUT2D eigenvalue weighted by molar-refractivity contribution is 5.85. The average Bonchev–Trinajstić information content (AvgIpc) is 3.41. The van der Waals surface area contributed by atoms with E-state index in [9.17, 15) is 5.11 Å². The predicted molar refractivity (Wildman–Crippen MR) is 116 cm³/mol. The van der Waals surface area contributed by atoms with E-state index in [2.05, 4.69) is 51.3 Å². The second-order valence-electron chi connectivity index (χ2n) is 8.05. The van der Waals surface area contributed by atoms with Crippen molar-refractivity contribution >= 4 is 21.8 Å². The molecule has 0 unspecified atom stereocenters. The molecule has 0 saturated carbocycles. The van der Waals surface area contributed by atoms with Gasteiger partial charge in [-0.2, -0.15) is 0 Å². The van der Waals surface area contributed by atoms with Gasteiger partial charge < -0.3 is 24.7 Å². The molecule has 0 atom stereocenters. The molecule has 5 nitrogen and oxygen atoms in total. The molecule has 0 radical (unpaired) electrons. The van der Waals surface area contributed by atoms with Crippen LogP contribution in [0.4, 0.5) is 0 Å². The Labute approximate surface area is 170 Å². The first-order valence-corrected chi connectivity index (χ1v) is 10.4. The fraction of sp³-hybridized carbons (Fsp3) is 0.333. The molecule has 5 heteroatoms. The summed E-state index contributed by atoms with van der Waals surface area (Å²) >= 11 is 0. The lowest BCUT2D eigenvalue weighted by Gasteiger charge is -2.38. The number of ether oxygens (including phenoxy) is 1. The van der Waals surface area contributed by atoms with Gasteiger partial charge in [-0.1, -0.05) is 12.1 Å². The van der Waals surface area contributed by atoms with Gasteiger partial charge in [0, 0.05) is 48.4 Å². The van der Waals surface area contributed by atoms with Crippen molar-refractivity contribution in [2.45, 2.75) is 24.9 Å². The van der Waals surface area contributed by atoms with Gasteiger partial charge in [0.25, 0.3) is 0 Å². The summed E-state index contributed by atoms with van der Waals surface area (Å²) in [6.07, 6.45) is 6.41. The van der Waals surface area contributed by atoms with Crippen molar-refractivity contribution in [3.63, 3.8) is 0 Å². The first kappa shape index (κ1) is 18.3.